The average Bonchev–Trinajstić information content (AvgIpc) is 2.77. The number of benzene rings is 2. The van der Waals surface area contributed by atoms with Crippen LogP contribution in [0.25, 0.3) is 0 Å². The van der Waals surface area contributed by atoms with Crippen molar-refractivity contribution in [3.63, 3.8) is 0 Å². The van der Waals surface area contributed by atoms with Crippen LogP contribution in [0.5, 0.6) is 11.5 Å². The molecule has 0 aromatic heterocycles. The first-order chi connectivity index (χ1) is 14.4. The van der Waals surface area contributed by atoms with Crippen LogP contribution >= 0.6 is 0 Å². The van der Waals surface area contributed by atoms with Gasteiger partial charge in [0.2, 0.25) is 11.8 Å². The summed E-state index contributed by atoms with van der Waals surface area (Å²) in [6.45, 7) is 6.06. The molecule has 0 aliphatic heterocycles. The fraction of sp³-hybridized carbons (Fsp3) is 0.417. The van der Waals surface area contributed by atoms with Crippen molar-refractivity contribution < 1.29 is 19.1 Å². The molecule has 0 bridgehead atoms. The molecule has 30 heavy (non-hydrogen) atoms. The molecule has 1 N–H and O–H groups in total. The molecule has 0 radical (unpaired) electrons. The molecular formula is C24H32N2O4. The Balaban J connectivity index is 2.23. The van der Waals surface area contributed by atoms with Gasteiger partial charge in [0.15, 0.2) is 0 Å². The molecule has 2 rings (SSSR count). The highest BCUT2D eigenvalue weighted by Gasteiger charge is 2.27. The van der Waals surface area contributed by atoms with Gasteiger partial charge in [-0.2, -0.15) is 0 Å². The molecule has 6 nitrogen and oxygen atoms in total. The van der Waals surface area contributed by atoms with Crippen molar-refractivity contribution in [2.24, 2.45) is 0 Å². The van der Waals surface area contributed by atoms with E-state index in [4.69, 9.17) is 9.47 Å². The number of hydrogen-bond acceptors (Lipinski definition) is 4. The Morgan fingerprint density at radius 2 is 1.63 bits per heavy atom. The number of nitrogens with zero attached hydrogens (tertiary/aromatic N) is 1. The quantitative estimate of drug-likeness (QED) is 0.648. The summed E-state index contributed by atoms with van der Waals surface area (Å²) in [5, 5.41) is 2.98. The van der Waals surface area contributed by atoms with E-state index in [0.717, 1.165) is 23.3 Å². The van der Waals surface area contributed by atoms with Gasteiger partial charge in [0, 0.05) is 12.6 Å². The van der Waals surface area contributed by atoms with Crippen LogP contribution in [0.1, 0.15) is 38.3 Å². The Bertz CT molecular complexity index is 835. The van der Waals surface area contributed by atoms with Crippen LogP contribution in [-0.2, 0) is 22.6 Å². The van der Waals surface area contributed by atoms with Gasteiger partial charge in [0.05, 0.1) is 20.6 Å². The maximum Gasteiger partial charge on any atom is 0.242 e. The summed E-state index contributed by atoms with van der Waals surface area (Å²) >= 11 is 0. The third-order valence-electron chi connectivity index (χ3n) is 5.17. The Hall–Kier alpha value is -3.02. The van der Waals surface area contributed by atoms with Gasteiger partial charge in [0.25, 0.3) is 0 Å². The third kappa shape index (κ3) is 6.51. The van der Waals surface area contributed by atoms with Gasteiger partial charge in [0.1, 0.15) is 17.5 Å². The van der Waals surface area contributed by atoms with Crippen molar-refractivity contribution in [3.05, 3.63) is 59.7 Å². The highest BCUT2D eigenvalue weighted by atomic mass is 16.5. The number of hydrogen-bond donors (Lipinski definition) is 1. The lowest BCUT2D eigenvalue weighted by atomic mass is 10.1. The Morgan fingerprint density at radius 3 is 2.23 bits per heavy atom. The number of amides is 2. The zero-order valence-corrected chi connectivity index (χ0v) is 18.5. The smallest absolute Gasteiger partial charge is 0.242 e. The largest absolute Gasteiger partial charge is 0.497 e. The van der Waals surface area contributed by atoms with Crippen LogP contribution in [0.15, 0.2) is 48.5 Å². The number of carbonyl (C=O) groups is 2. The predicted molar refractivity (Wildman–Crippen MR) is 118 cm³/mol. The molecule has 0 spiro atoms. The summed E-state index contributed by atoms with van der Waals surface area (Å²) in [6.07, 6.45) is 1.03. The van der Waals surface area contributed by atoms with E-state index in [1.54, 1.807) is 26.0 Å². The molecule has 0 saturated heterocycles. The van der Waals surface area contributed by atoms with Crippen molar-refractivity contribution >= 4 is 11.8 Å². The van der Waals surface area contributed by atoms with E-state index < -0.39 is 6.04 Å². The highest BCUT2D eigenvalue weighted by molar-refractivity contribution is 5.88. The number of methoxy groups -OCH3 is 2. The minimum atomic E-state index is -0.601. The van der Waals surface area contributed by atoms with E-state index in [-0.39, 0.29) is 24.3 Å². The van der Waals surface area contributed by atoms with E-state index in [1.165, 1.54) is 0 Å². The minimum Gasteiger partial charge on any atom is -0.497 e. The predicted octanol–water partition coefficient (Wildman–Crippen LogP) is 3.58. The van der Waals surface area contributed by atoms with Gasteiger partial charge < -0.3 is 19.7 Å². The van der Waals surface area contributed by atoms with E-state index in [9.17, 15) is 9.59 Å². The van der Waals surface area contributed by atoms with Crippen molar-refractivity contribution in [1.82, 2.24) is 10.2 Å². The monoisotopic (exact) mass is 412 g/mol. The van der Waals surface area contributed by atoms with E-state index in [0.29, 0.717) is 12.3 Å². The second-order valence-electron chi connectivity index (χ2n) is 7.39. The summed E-state index contributed by atoms with van der Waals surface area (Å²) in [7, 11) is 3.21. The number of rotatable bonds is 10. The SMILES string of the molecule is CC[C@H](C)NC(=O)[C@@H](C)N(Cc1cccc(OC)c1)C(=O)Cc1ccc(OC)cc1. The van der Waals surface area contributed by atoms with Crippen LogP contribution in [-0.4, -0.2) is 43.0 Å². The maximum absolute atomic E-state index is 13.2. The van der Waals surface area contributed by atoms with Crippen molar-refractivity contribution in [1.29, 1.82) is 0 Å². The van der Waals surface area contributed by atoms with Gasteiger partial charge in [-0.1, -0.05) is 31.2 Å². The summed E-state index contributed by atoms with van der Waals surface area (Å²) in [5.41, 5.74) is 1.77. The summed E-state index contributed by atoms with van der Waals surface area (Å²) < 4.78 is 10.5. The van der Waals surface area contributed by atoms with Gasteiger partial charge in [-0.25, -0.2) is 0 Å². The van der Waals surface area contributed by atoms with Crippen LogP contribution in [0, 0.1) is 0 Å². The summed E-state index contributed by atoms with van der Waals surface area (Å²) in [5.74, 6) is 1.18. The number of carbonyl (C=O) groups excluding carboxylic acids is 2. The molecule has 0 heterocycles. The second-order valence-corrected chi connectivity index (χ2v) is 7.39. The molecule has 0 aliphatic rings. The van der Waals surface area contributed by atoms with Gasteiger partial charge in [-0.15, -0.1) is 0 Å². The van der Waals surface area contributed by atoms with Gasteiger partial charge in [-0.05, 0) is 55.7 Å². The molecule has 162 valence electrons. The third-order valence-corrected chi connectivity index (χ3v) is 5.17. The van der Waals surface area contributed by atoms with Crippen LogP contribution in [0.4, 0.5) is 0 Å². The maximum atomic E-state index is 13.2. The van der Waals surface area contributed by atoms with Crippen LogP contribution in [0.3, 0.4) is 0 Å². The molecule has 2 aromatic carbocycles. The molecule has 2 atom stereocenters. The Morgan fingerprint density at radius 1 is 0.967 bits per heavy atom. The highest BCUT2D eigenvalue weighted by Crippen LogP contribution is 2.18. The minimum absolute atomic E-state index is 0.0512. The fourth-order valence-electron chi connectivity index (χ4n) is 3.04. The second kappa shape index (κ2) is 11.2. The van der Waals surface area contributed by atoms with Gasteiger partial charge >= 0.3 is 0 Å². The first-order valence-electron chi connectivity index (χ1n) is 10.2. The molecule has 2 aromatic rings. The van der Waals surface area contributed by atoms with Crippen molar-refractivity contribution in [3.8, 4) is 11.5 Å². The Labute approximate surface area is 179 Å². The normalized spacial score (nSPS) is 12.6. The standard InChI is InChI=1S/C24H32N2O4/c1-6-17(2)25-24(28)18(3)26(16-20-8-7-9-22(14-20)30-5)23(27)15-19-10-12-21(29-4)13-11-19/h7-14,17-18H,6,15-16H2,1-5H3,(H,25,28)/t17-,18+/m0/s1. The molecule has 2 amide bonds. The fourth-order valence-corrected chi connectivity index (χ4v) is 3.04. The number of nitrogens with one attached hydrogen (secondary N) is 1. The molecular weight excluding hydrogens is 380 g/mol. The lowest BCUT2D eigenvalue weighted by molar-refractivity contribution is -0.140. The molecule has 0 saturated carbocycles. The molecule has 0 fully saturated rings. The van der Waals surface area contributed by atoms with E-state index >= 15 is 0 Å². The van der Waals surface area contributed by atoms with Crippen molar-refractivity contribution in [2.45, 2.75) is 52.2 Å². The summed E-state index contributed by atoms with van der Waals surface area (Å²) in [4.78, 5) is 27.6. The topological polar surface area (TPSA) is 67.9 Å². The number of ether oxygens (including phenoxy) is 2. The van der Waals surface area contributed by atoms with E-state index in [1.807, 2.05) is 62.4 Å². The molecule has 0 aliphatic carbocycles. The van der Waals surface area contributed by atoms with Crippen LogP contribution < -0.4 is 14.8 Å². The summed E-state index contributed by atoms with van der Waals surface area (Å²) in [6, 6.07) is 14.4. The average molecular weight is 413 g/mol. The first-order valence-corrected chi connectivity index (χ1v) is 10.2. The molecule has 0 unspecified atom stereocenters. The van der Waals surface area contributed by atoms with Crippen LogP contribution in [0.2, 0.25) is 0 Å². The lowest BCUT2D eigenvalue weighted by Crippen LogP contribution is -2.49. The van der Waals surface area contributed by atoms with E-state index in [2.05, 4.69) is 5.32 Å². The van der Waals surface area contributed by atoms with Gasteiger partial charge in [-0.3, -0.25) is 9.59 Å². The first kappa shape index (κ1) is 23.3. The zero-order chi connectivity index (χ0) is 22.1. The lowest BCUT2D eigenvalue weighted by Gasteiger charge is -2.30. The Kier molecular flexibility index (Phi) is 8.71. The van der Waals surface area contributed by atoms with Crippen molar-refractivity contribution in [2.75, 3.05) is 14.2 Å². The molecule has 6 heteroatoms. The zero-order valence-electron chi connectivity index (χ0n) is 18.5.